The summed E-state index contributed by atoms with van der Waals surface area (Å²) in [5.74, 6) is -0.0578. The standard InChI is InChI=1S/C8H13ClO3/c1-7(3-4-9)8(11)12-6-2-5-10/h10H,1-6H2. The van der Waals surface area contributed by atoms with Gasteiger partial charge in [-0.15, -0.1) is 11.6 Å². The summed E-state index contributed by atoms with van der Waals surface area (Å²) >= 11 is 5.39. The van der Waals surface area contributed by atoms with Gasteiger partial charge in [0.2, 0.25) is 0 Å². The molecule has 1 N–H and O–H groups in total. The second kappa shape index (κ2) is 7.13. The topological polar surface area (TPSA) is 46.5 Å². The van der Waals surface area contributed by atoms with Crippen molar-refractivity contribution in [2.75, 3.05) is 19.1 Å². The Morgan fingerprint density at radius 3 is 2.75 bits per heavy atom. The number of rotatable bonds is 6. The largest absolute Gasteiger partial charge is 0.462 e. The highest BCUT2D eigenvalue weighted by atomic mass is 35.5. The molecule has 12 heavy (non-hydrogen) atoms. The van der Waals surface area contributed by atoms with Crippen LogP contribution in [0.15, 0.2) is 12.2 Å². The zero-order valence-electron chi connectivity index (χ0n) is 6.88. The van der Waals surface area contributed by atoms with Crippen LogP contribution in [0.3, 0.4) is 0 Å². The molecule has 0 aliphatic rings. The second-order valence-electron chi connectivity index (χ2n) is 2.26. The van der Waals surface area contributed by atoms with E-state index in [2.05, 4.69) is 6.58 Å². The van der Waals surface area contributed by atoms with Crippen LogP contribution in [-0.2, 0) is 9.53 Å². The zero-order valence-corrected chi connectivity index (χ0v) is 7.64. The first-order valence-electron chi connectivity index (χ1n) is 3.74. The first-order chi connectivity index (χ1) is 5.72. The van der Waals surface area contributed by atoms with Crippen molar-refractivity contribution in [1.82, 2.24) is 0 Å². The van der Waals surface area contributed by atoms with Crippen molar-refractivity contribution in [3.63, 3.8) is 0 Å². The number of ether oxygens (including phenoxy) is 1. The van der Waals surface area contributed by atoms with E-state index in [1.54, 1.807) is 0 Å². The van der Waals surface area contributed by atoms with Gasteiger partial charge in [0.15, 0.2) is 0 Å². The molecule has 0 saturated carbocycles. The number of hydrogen-bond donors (Lipinski definition) is 1. The van der Waals surface area contributed by atoms with E-state index in [0.29, 0.717) is 24.3 Å². The SMILES string of the molecule is C=C(CCCl)C(=O)OCCCO. The molecular weight excluding hydrogens is 180 g/mol. The lowest BCUT2D eigenvalue weighted by Crippen LogP contribution is -2.09. The highest BCUT2D eigenvalue weighted by Crippen LogP contribution is 2.02. The fourth-order valence-corrected chi connectivity index (χ4v) is 0.776. The number of hydrogen-bond acceptors (Lipinski definition) is 3. The van der Waals surface area contributed by atoms with Crippen molar-refractivity contribution < 1.29 is 14.6 Å². The summed E-state index contributed by atoms with van der Waals surface area (Å²) < 4.78 is 4.74. The van der Waals surface area contributed by atoms with Crippen LogP contribution in [0.5, 0.6) is 0 Å². The Bertz CT molecular complexity index is 156. The van der Waals surface area contributed by atoms with Crippen molar-refractivity contribution in [3.8, 4) is 0 Å². The Hall–Kier alpha value is -0.540. The van der Waals surface area contributed by atoms with Crippen LogP contribution >= 0.6 is 11.6 Å². The quantitative estimate of drug-likeness (QED) is 0.297. The summed E-state index contributed by atoms with van der Waals surface area (Å²) in [5, 5.41) is 8.39. The van der Waals surface area contributed by atoms with Crippen LogP contribution in [0.25, 0.3) is 0 Å². The fourth-order valence-electron chi connectivity index (χ4n) is 0.548. The van der Waals surface area contributed by atoms with Gasteiger partial charge in [-0.2, -0.15) is 0 Å². The van der Waals surface area contributed by atoms with Crippen molar-refractivity contribution in [2.24, 2.45) is 0 Å². The van der Waals surface area contributed by atoms with Crippen LogP contribution in [0.4, 0.5) is 0 Å². The summed E-state index contributed by atoms with van der Waals surface area (Å²) in [6.07, 6.45) is 0.902. The molecule has 0 amide bonds. The third-order valence-corrected chi connectivity index (χ3v) is 1.41. The van der Waals surface area contributed by atoms with Gasteiger partial charge in [-0.05, 0) is 6.42 Å². The second-order valence-corrected chi connectivity index (χ2v) is 2.63. The van der Waals surface area contributed by atoms with E-state index in [1.807, 2.05) is 0 Å². The molecular formula is C8H13ClO3. The predicted molar refractivity (Wildman–Crippen MR) is 47.1 cm³/mol. The summed E-state index contributed by atoms with van der Waals surface area (Å²) in [6, 6.07) is 0. The summed E-state index contributed by atoms with van der Waals surface area (Å²) in [5.41, 5.74) is 0.378. The molecule has 0 heterocycles. The van der Waals surface area contributed by atoms with Crippen molar-refractivity contribution in [3.05, 3.63) is 12.2 Å². The normalized spacial score (nSPS) is 9.50. The molecule has 4 heteroatoms. The Balaban J connectivity index is 3.50. The molecule has 0 aromatic carbocycles. The van der Waals surface area contributed by atoms with Crippen LogP contribution in [0, 0.1) is 0 Å². The molecule has 3 nitrogen and oxygen atoms in total. The molecule has 0 fully saturated rings. The van der Waals surface area contributed by atoms with E-state index in [9.17, 15) is 4.79 Å². The van der Waals surface area contributed by atoms with Gasteiger partial charge < -0.3 is 9.84 Å². The predicted octanol–water partition coefficient (Wildman–Crippen LogP) is 1.10. The molecule has 0 aliphatic carbocycles. The molecule has 0 aromatic heterocycles. The number of esters is 1. The minimum Gasteiger partial charge on any atom is -0.462 e. The smallest absolute Gasteiger partial charge is 0.333 e. The third-order valence-electron chi connectivity index (χ3n) is 1.22. The number of alkyl halides is 1. The van der Waals surface area contributed by atoms with Gasteiger partial charge in [-0.3, -0.25) is 0 Å². The average molecular weight is 193 g/mol. The van der Waals surface area contributed by atoms with Crippen molar-refractivity contribution in [2.45, 2.75) is 12.8 Å². The molecule has 0 aliphatic heterocycles. The maximum Gasteiger partial charge on any atom is 0.333 e. The molecule has 0 radical (unpaired) electrons. The number of carbonyl (C=O) groups excluding carboxylic acids is 1. The van der Waals surface area contributed by atoms with Crippen molar-refractivity contribution in [1.29, 1.82) is 0 Å². The first-order valence-corrected chi connectivity index (χ1v) is 4.27. The minimum absolute atomic E-state index is 0.0231. The molecule has 0 atom stereocenters. The van der Waals surface area contributed by atoms with Gasteiger partial charge in [0.1, 0.15) is 0 Å². The van der Waals surface area contributed by atoms with E-state index < -0.39 is 5.97 Å². The van der Waals surface area contributed by atoms with E-state index >= 15 is 0 Å². The minimum atomic E-state index is -0.427. The maximum atomic E-state index is 10.9. The maximum absolute atomic E-state index is 10.9. The zero-order chi connectivity index (χ0) is 9.40. The monoisotopic (exact) mass is 192 g/mol. The Labute approximate surface area is 77.0 Å². The van der Waals surface area contributed by atoms with Gasteiger partial charge in [0.25, 0.3) is 0 Å². The summed E-state index contributed by atoms with van der Waals surface area (Å²) in [7, 11) is 0. The summed E-state index contributed by atoms with van der Waals surface area (Å²) in [4.78, 5) is 10.9. The Kier molecular flexibility index (Phi) is 6.81. The van der Waals surface area contributed by atoms with Crippen molar-refractivity contribution >= 4 is 17.6 Å². The average Bonchev–Trinajstić information content (AvgIpc) is 2.05. The molecule has 0 saturated heterocycles. The first kappa shape index (κ1) is 11.5. The van der Waals surface area contributed by atoms with Crippen LogP contribution in [-0.4, -0.2) is 30.2 Å². The number of aliphatic hydroxyl groups excluding tert-OH is 1. The van der Waals surface area contributed by atoms with Crippen LogP contribution in [0.2, 0.25) is 0 Å². The van der Waals surface area contributed by atoms with Crippen LogP contribution in [0.1, 0.15) is 12.8 Å². The Morgan fingerprint density at radius 2 is 2.25 bits per heavy atom. The van der Waals surface area contributed by atoms with E-state index in [4.69, 9.17) is 21.4 Å². The van der Waals surface area contributed by atoms with Gasteiger partial charge in [-0.25, -0.2) is 4.79 Å². The van der Waals surface area contributed by atoms with Gasteiger partial charge in [0.05, 0.1) is 6.61 Å². The molecule has 0 aromatic rings. The fraction of sp³-hybridized carbons (Fsp3) is 0.625. The lowest BCUT2D eigenvalue weighted by molar-refractivity contribution is -0.139. The highest BCUT2D eigenvalue weighted by Gasteiger charge is 2.06. The molecule has 0 spiro atoms. The van der Waals surface area contributed by atoms with Gasteiger partial charge in [0, 0.05) is 24.5 Å². The molecule has 0 unspecified atom stereocenters. The summed E-state index contributed by atoms with van der Waals surface area (Å²) in [6.45, 7) is 3.76. The van der Waals surface area contributed by atoms with Gasteiger partial charge >= 0.3 is 5.97 Å². The third kappa shape index (κ3) is 5.16. The number of aliphatic hydroxyl groups is 1. The molecule has 0 rings (SSSR count). The highest BCUT2D eigenvalue weighted by molar-refractivity contribution is 6.18. The lowest BCUT2D eigenvalue weighted by Gasteiger charge is -2.03. The Morgan fingerprint density at radius 1 is 1.58 bits per heavy atom. The van der Waals surface area contributed by atoms with Crippen LogP contribution < -0.4 is 0 Å². The molecule has 70 valence electrons. The van der Waals surface area contributed by atoms with E-state index in [1.165, 1.54) is 0 Å². The van der Waals surface area contributed by atoms with Gasteiger partial charge in [-0.1, -0.05) is 6.58 Å². The van der Waals surface area contributed by atoms with E-state index in [-0.39, 0.29) is 13.2 Å². The number of halogens is 1. The number of carbonyl (C=O) groups is 1. The molecule has 0 bridgehead atoms. The van der Waals surface area contributed by atoms with E-state index in [0.717, 1.165) is 0 Å². The lowest BCUT2D eigenvalue weighted by atomic mass is 10.2.